The highest BCUT2D eigenvalue weighted by Gasteiger charge is 2.09. The lowest BCUT2D eigenvalue weighted by molar-refractivity contribution is -0.141. The van der Waals surface area contributed by atoms with Crippen LogP contribution in [0.4, 0.5) is 0 Å². The van der Waals surface area contributed by atoms with Gasteiger partial charge in [-0.15, -0.1) is 0 Å². The molecule has 0 aliphatic carbocycles. The van der Waals surface area contributed by atoms with E-state index in [-0.39, 0.29) is 5.92 Å². The van der Waals surface area contributed by atoms with Gasteiger partial charge in [0.05, 0.1) is 12.2 Å². The third-order valence-electron chi connectivity index (χ3n) is 3.31. The molecule has 2 aromatic rings. The number of aliphatic carboxylic acids is 1. The second-order valence-corrected chi connectivity index (χ2v) is 4.79. The number of hydrogen-bond donors (Lipinski definition) is 2. The van der Waals surface area contributed by atoms with Gasteiger partial charge in [-0.05, 0) is 37.6 Å². The van der Waals surface area contributed by atoms with Crippen LogP contribution in [0.5, 0.6) is 0 Å². The first-order chi connectivity index (χ1) is 9.18. The summed E-state index contributed by atoms with van der Waals surface area (Å²) in [4.78, 5) is 10.7. The van der Waals surface area contributed by atoms with E-state index in [1.807, 2.05) is 18.2 Å². The lowest BCUT2D eigenvalue weighted by atomic mass is 10.1. The standard InChI is InChI=1S/C15H19NO3/c1-11(15(17)18)6-8-16-9-7-12-10-19-14-5-3-2-4-13(12)14/h2-5,10-11,16H,6-9H2,1H3,(H,17,18). The minimum atomic E-state index is -0.734. The summed E-state index contributed by atoms with van der Waals surface area (Å²) in [7, 11) is 0. The topological polar surface area (TPSA) is 62.5 Å². The zero-order valence-electron chi connectivity index (χ0n) is 11.1. The third-order valence-corrected chi connectivity index (χ3v) is 3.31. The predicted octanol–water partition coefficient (Wildman–Crippen LogP) is 2.68. The van der Waals surface area contributed by atoms with E-state index in [1.54, 1.807) is 13.2 Å². The van der Waals surface area contributed by atoms with Crippen LogP contribution in [0.25, 0.3) is 11.0 Å². The van der Waals surface area contributed by atoms with Crippen molar-refractivity contribution >= 4 is 16.9 Å². The van der Waals surface area contributed by atoms with Gasteiger partial charge in [0.15, 0.2) is 0 Å². The molecule has 0 aliphatic rings. The van der Waals surface area contributed by atoms with Crippen LogP contribution >= 0.6 is 0 Å². The molecular formula is C15H19NO3. The maximum absolute atomic E-state index is 10.7. The number of carboxylic acids is 1. The molecule has 1 atom stereocenters. The van der Waals surface area contributed by atoms with Crippen molar-refractivity contribution in [1.29, 1.82) is 0 Å². The Morgan fingerprint density at radius 1 is 1.37 bits per heavy atom. The number of carbonyl (C=O) groups is 1. The fourth-order valence-corrected chi connectivity index (χ4v) is 2.02. The Labute approximate surface area is 112 Å². The number of para-hydroxylation sites is 1. The summed E-state index contributed by atoms with van der Waals surface area (Å²) >= 11 is 0. The van der Waals surface area contributed by atoms with Crippen LogP contribution in [0.15, 0.2) is 34.9 Å². The molecule has 0 saturated carbocycles. The first-order valence-electron chi connectivity index (χ1n) is 6.57. The molecule has 1 aromatic carbocycles. The molecule has 1 aromatic heterocycles. The maximum atomic E-state index is 10.7. The molecule has 4 heteroatoms. The van der Waals surface area contributed by atoms with E-state index in [1.165, 1.54) is 5.56 Å². The lowest BCUT2D eigenvalue weighted by Crippen LogP contribution is -2.22. The van der Waals surface area contributed by atoms with E-state index in [0.29, 0.717) is 6.42 Å². The average Bonchev–Trinajstić information content (AvgIpc) is 2.81. The van der Waals surface area contributed by atoms with Crippen molar-refractivity contribution in [3.05, 3.63) is 36.1 Å². The molecule has 0 bridgehead atoms. The smallest absolute Gasteiger partial charge is 0.306 e. The number of fused-ring (bicyclic) bond motifs is 1. The number of rotatable bonds is 7. The van der Waals surface area contributed by atoms with E-state index in [0.717, 1.165) is 30.5 Å². The molecule has 102 valence electrons. The highest BCUT2D eigenvalue weighted by molar-refractivity contribution is 5.80. The average molecular weight is 261 g/mol. The summed E-state index contributed by atoms with van der Waals surface area (Å²) in [6, 6.07) is 7.98. The van der Waals surface area contributed by atoms with Gasteiger partial charge in [0.1, 0.15) is 5.58 Å². The molecule has 0 radical (unpaired) electrons. The zero-order valence-corrected chi connectivity index (χ0v) is 11.1. The summed E-state index contributed by atoms with van der Waals surface area (Å²) in [6.07, 6.45) is 3.34. The zero-order chi connectivity index (χ0) is 13.7. The van der Waals surface area contributed by atoms with Crippen LogP contribution in [0.2, 0.25) is 0 Å². The molecule has 2 N–H and O–H groups in total. The van der Waals surface area contributed by atoms with Crippen LogP contribution in [0, 0.1) is 5.92 Å². The Morgan fingerprint density at radius 2 is 2.16 bits per heavy atom. The summed E-state index contributed by atoms with van der Waals surface area (Å²) < 4.78 is 5.47. The van der Waals surface area contributed by atoms with Crippen molar-refractivity contribution in [1.82, 2.24) is 5.32 Å². The number of hydrogen-bond acceptors (Lipinski definition) is 3. The van der Waals surface area contributed by atoms with Gasteiger partial charge in [0.25, 0.3) is 0 Å². The number of furan rings is 1. The van der Waals surface area contributed by atoms with Crippen LogP contribution in [0.1, 0.15) is 18.9 Å². The normalized spacial score (nSPS) is 12.7. The maximum Gasteiger partial charge on any atom is 0.306 e. The van der Waals surface area contributed by atoms with Gasteiger partial charge >= 0.3 is 5.97 Å². The summed E-state index contributed by atoms with van der Waals surface area (Å²) in [6.45, 7) is 3.28. The first kappa shape index (κ1) is 13.6. The molecule has 0 aliphatic heterocycles. The minimum absolute atomic E-state index is 0.290. The molecule has 0 amide bonds. The highest BCUT2D eigenvalue weighted by atomic mass is 16.4. The fraction of sp³-hybridized carbons (Fsp3) is 0.400. The van der Waals surface area contributed by atoms with Gasteiger partial charge in [-0.2, -0.15) is 0 Å². The monoisotopic (exact) mass is 261 g/mol. The molecule has 1 heterocycles. The van der Waals surface area contributed by atoms with Crippen LogP contribution in [-0.4, -0.2) is 24.2 Å². The van der Waals surface area contributed by atoms with Crippen molar-refractivity contribution in [2.24, 2.45) is 5.92 Å². The van der Waals surface area contributed by atoms with E-state index >= 15 is 0 Å². The first-order valence-corrected chi connectivity index (χ1v) is 6.57. The lowest BCUT2D eigenvalue weighted by Gasteiger charge is -2.07. The van der Waals surface area contributed by atoms with Crippen molar-refractivity contribution < 1.29 is 14.3 Å². The predicted molar refractivity (Wildman–Crippen MR) is 74.2 cm³/mol. The second-order valence-electron chi connectivity index (χ2n) is 4.79. The summed E-state index contributed by atoms with van der Waals surface area (Å²) in [5.41, 5.74) is 2.10. The van der Waals surface area contributed by atoms with E-state index < -0.39 is 5.97 Å². The van der Waals surface area contributed by atoms with Gasteiger partial charge in [0, 0.05) is 5.39 Å². The highest BCUT2D eigenvalue weighted by Crippen LogP contribution is 2.20. The molecular weight excluding hydrogens is 242 g/mol. The van der Waals surface area contributed by atoms with E-state index in [4.69, 9.17) is 9.52 Å². The number of carboxylic acid groups (broad SMARTS) is 1. The minimum Gasteiger partial charge on any atom is -0.481 e. The van der Waals surface area contributed by atoms with E-state index in [9.17, 15) is 4.79 Å². The van der Waals surface area contributed by atoms with Crippen molar-refractivity contribution in [2.45, 2.75) is 19.8 Å². The van der Waals surface area contributed by atoms with Gasteiger partial charge < -0.3 is 14.8 Å². The SMILES string of the molecule is CC(CCNCCc1coc2ccccc12)C(=O)O. The largest absolute Gasteiger partial charge is 0.481 e. The third kappa shape index (κ3) is 3.58. The summed E-state index contributed by atoms with van der Waals surface area (Å²) in [5, 5.41) is 13.2. The van der Waals surface area contributed by atoms with Crippen molar-refractivity contribution in [2.75, 3.05) is 13.1 Å². The van der Waals surface area contributed by atoms with Gasteiger partial charge in [-0.25, -0.2) is 0 Å². The summed E-state index contributed by atoms with van der Waals surface area (Å²) in [5.74, 6) is -1.02. The van der Waals surface area contributed by atoms with Gasteiger partial charge in [-0.3, -0.25) is 4.79 Å². The Hall–Kier alpha value is -1.81. The second kappa shape index (κ2) is 6.38. The molecule has 0 spiro atoms. The van der Waals surface area contributed by atoms with Crippen LogP contribution < -0.4 is 5.32 Å². The Kier molecular flexibility index (Phi) is 4.58. The number of benzene rings is 1. The fourth-order valence-electron chi connectivity index (χ4n) is 2.02. The van der Waals surface area contributed by atoms with Gasteiger partial charge in [-0.1, -0.05) is 25.1 Å². The van der Waals surface area contributed by atoms with Crippen molar-refractivity contribution in [3.63, 3.8) is 0 Å². The molecule has 4 nitrogen and oxygen atoms in total. The Balaban J connectivity index is 1.76. The Morgan fingerprint density at radius 3 is 2.95 bits per heavy atom. The Bertz CT molecular complexity index is 547. The molecule has 1 unspecified atom stereocenters. The van der Waals surface area contributed by atoms with Crippen LogP contribution in [-0.2, 0) is 11.2 Å². The number of nitrogens with one attached hydrogen (secondary N) is 1. The molecule has 2 rings (SSSR count). The van der Waals surface area contributed by atoms with Crippen LogP contribution in [0.3, 0.4) is 0 Å². The van der Waals surface area contributed by atoms with E-state index in [2.05, 4.69) is 11.4 Å². The van der Waals surface area contributed by atoms with Gasteiger partial charge in [0.2, 0.25) is 0 Å². The molecule has 0 fully saturated rings. The quantitative estimate of drug-likeness (QED) is 0.752. The van der Waals surface area contributed by atoms with Crippen molar-refractivity contribution in [3.8, 4) is 0 Å². The molecule has 19 heavy (non-hydrogen) atoms. The molecule has 0 saturated heterocycles.